The molecule has 17 heavy (non-hydrogen) atoms. The van der Waals surface area contributed by atoms with Gasteiger partial charge >= 0.3 is 0 Å². The van der Waals surface area contributed by atoms with Crippen LogP contribution in [0.5, 0.6) is 0 Å². The predicted octanol–water partition coefficient (Wildman–Crippen LogP) is 0.909. The number of hydrogen-bond acceptors (Lipinski definition) is 3. The monoisotopic (exact) mass is 238 g/mol. The van der Waals surface area contributed by atoms with E-state index in [9.17, 15) is 4.79 Å². The van der Waals surface area contributed by atoms with Crippen LogP contribution in [-0.2, 0) is 17.9 Å². The first kappa shape index (κ1) is 13.7. The Morgan fingerprint density at radius 1 is 1.53 bits per heavy atom. The Morgan fingerprint density at radius 2 is 2.35 bits per heavy atom. The van der Waals surface area contributed by atoms with Gasteiger partial charge in [0.15, 0.2) is 0 Å². The molecule has 0 aliphatic heterocycles. The molecule has 0 aliphatic carbocycles. The van der Waals surface area contributed by atoms with E-state index in [1.165, 1.54) is 0 Å². The van der Waals surface area contributed by atoms with E-state index in [0.29, 0.717) is 6.42 Å². The summed E-state index contributed by atoms with van der Waals surface area (Å²) in [5.74, 6) is 0.0925. The Labute approximate surface area is 103 Å². The molecule has 0 aliphatic rings. The molecular weight excluding hydrogens is 216 g/mol. The molecule has 1 rings (SSSR count). The number of imidazole rings is 1. The molecule has 1 aromatic rings. The van der Waals surface area contributed by atoms with Crippen LogP contribution in [0.25, 0.3) is 0 Å². The van der Waals surface area contributed by atoms with Crippen LogP contribution in [0.4, 0.5) is 0 Å². The SMILES string of the molecule is CCCNCc1cn(CCCC(=O)NC)cn1. The van der Waals surface area contributed by atoms with Gasteiger partial charge in [0.25, 0.3) is 0 Å². The second-order valence-corrected chi connectivity index (χ2v) is 4.06. The van der Waals surface area contributed by atoms with Crippen molar-refractivity contribution in [3.63, 3.8) is 0 Å². The van der Waals surface area contributed by atoms with Gasteiger partial charge in [0.2, 0.25) is 5.91 Å². The number of rotatable bonds is 8. The fraction of sp³-hybridized carbons (Fsp3) is 0.667. The number of nitrogens with zero attached hydrogens (tertiary/aromatic N) is 2. The zero-order valence-electron chi connectivity index (χ0n) is 10.7. The maximum atomic E-state index is 11.0. The largest absolute Gasteiger partial charge is 0.359 e. The molecule has 0 spiro atoms. The van der Waals surface area contributed by atoms with Gasteiger partial charge in [-0.05, 0) is 19.4 Å². The van der Waals surface area contributed by atoms with Gasteiger partial charge in [-0.2, -0.15) is 0 Å². The normalized spacial score (nSPS) is 10.5. The number of carbonyl (C=O) groups excluding carboxylic acids is 1. The lowest BCUT2D eigenvalue weighted by Gasteiger charge is -2.01. The molecule has 0 saturated carbocycles. The highest BCUT2D eigenvalue weighted by molar-refractivity contribution is 5.75. The zero-order chi connectivity index (χ0) is 12.5. The number of carbonyl (C=O) groups is 1. The molecule has 1 amide bonds. The maximum absolute atomic E-state index is 11.0. The van der Waals surface area contributed by atoms with Gasteiger partial charge in [-0.3, -0.25) is 4.79 Å². The average molecular weight is 238 g/mol. The smallest absolute Gasteiger partial charge is 0.219 e. The van der Waals surface area contributed by atoms with Crippen LogP contribution in [0.15, 0.2) is 12.5 Å². The van der Waals surface area contributed by atoms with Crippen LogP contribution in [-0.4, -0.2) is 29.1 Å². The van der Waals surface area contributed by atoms with E-state index in [1.54, 1.807) is 7.05 Å². The van der Waals surface area contributed by atoms with Crippen LogP contribution in [0, 0.1) is 0 Å². The minimum absolute atomic E-state index is 0.0925. The van der Waals surface area contributed by atoms with Gasteiger partial charge in [-0.25, -0.2) is 4.98 Å². The fourth-order valence-electron chi connectivity index (χ4n) is 1.56. The van der Waals surface area contributed by atoms with Gasteiger partial charge in [0.1, 0.15) is 0 Å². The Hall–Kier alpha value is -1.36. The molecule has 2 N–H and O–H groups in total. The van der Waals surface area contributed by atoms with Crippen molar-refractivity contribution in [2.24, 2.45) is 0 Å². The summed E-state index contributed by atoms with van der Waals surface area (Å²) >= 11 is 0. The lowest BCUT2D eigenvalue weighted by atomic mass is 10.3. The maximum Gasteiger partial charge on any atom is 0.219 e. The van der Waals surface area contributed by atoms with Crippen molar-refractivity contribution in [3.8, 4) is 0 Å². The van der Waals surface area contributed by atoms with Crippen LogP contribution in [0.1, 0.15) is 31.9 Å². The van der Waals surface area contributed by atoms with Gasteiger partial charge in [0.05, 0.1) is 12.0 Å². The Balaban J connectivity index is 2.23. The third-order valence-corrected chi connectivity index (χ3v) is 2.52. The Morgan fingerprint density at radius 3 is 3.06 bits per heavy atom. The van der Waals surface area contributed by atoms with Crippen molar-refractivity contribution >= 4 is 5.91 Å². The molecule has 1 aromatic heterocycles. The molecule has 1 heterocycles. The molecule has 0 unspecified atom stereocenters. The summed E-state index contributed by atoms with van der Waals surface area (Å²) in [4.78, 5) is 15.3. The van der Waals surface area contributed by atoms with Crippen LogP contribution in [0.3, 0.4) is 0 Å². The molecule has 0 aromatic carbocycles. The highest BCUT2D eigenvalue weighted by atomic mass is 16.1. The summed E-state index contributed by atoms with van der Waals surface area (Å²) < 4.78 is 2.03. The van der Waals surface area contributed by atoms with Crippen molar-refractivity contribution in [2.45, 2.75) is 39.3 Å². The summed E-state index contributed by atoms with van der Waals surface area (Å²) in [5.41, 5.74) is 1.05. The standard InChI is InChI=1S/C12H22N4O/c1-3-6-14-8-11-9-16(10-15-11)7-4-5-12(17)13-2/h9-10,14H,3-8H2,1-2H3,(H,13,17). The molecule has 5 heteroatoms. The average Bonchev–Trinajstić information content (AvgIpc) is 2.77. The summed E-state index contributed by atoms with van der Waals surface area (Å²) in [5, 5.41) is 5.93. The number of nitrogens with one attached hydrogen (secondary N) is 2. The number of amides is 1. The van der Waals surface area contributed by atoms with Crippen molar-refractivity contribution in [3.05, 3.63) is 18.2 Å². The molecular formula is C12H22N4O. The van der Waals surface area contributed by atoms with E-state index >= 15 is 0 Å². The molecule has 0 bridgehead atoms. The minimum atomic E-state index is 0.0925. The molecule has 96 valence electrons. The minimum Gasteiger partial charge on any atom is -0.359 e. The van der Waals surface area contributed by atoms with Crippen LogP contribution in [0.2, 0.25) is 0 Å². The number of aryl methyl sites for hydroxylation is 1. The van der Waals surface area contributed by atoms with Gasteiger partial charge < -0.3 is 15.2 Å². The number of aromatic nitrogens is 2. The predicted molar refractivity (Wildman–Crippen MR) is 67.5 cm³/mol. The topological polar surface area (TPSA) is 59.0 Å². The van der Waals surface area contributed by atoms with Gasteiger partial charge in [-0.1, -0.05) is 6.92 Å². The van der Waals surface area contributed by atoms with Crippen molar-refractivity contribution in [1.82, 2.24) is 20.2 Å². The van der Waals surface area contributed by atoms with Gasteiger partial charge in [0, 0.05) is 32.8 Å². The summed E-state index contributed by atoms with van der Waals surface area (Å²) in [6, 6.07) is 0. The quantitative estimate of drug-likeness (QED) is 0.662. The first-order valence-corrected chi connectivity index (χ1v) is 6.18. The van der Waals surface area contributed by atoms with E-state index in [4.69, 9.17) is 0 Å². The van der Waals surface area contributed by atoms with E-state index in [1.807, 2.05) is 17.1 Å². The zero-order valence-corrected chi connectivity index (χ0v) is 10.7. The number of hydrogen-bond donors (Lipinski definition) is 2. The Kier molecular flexibility index (Phi) is 6.32. The van der Waals surface area contributed by atoms with Crippen molar-refractivity contribution in [1.29, 1.82) is 0 Å². The lowest BCUT2D eigenvalue weighted by Crippen LogP contribution is -2.17. The van der Waals surface area contributed by atoms with E-state index in [0.717, 1.165) is 38.2 Å². The summed E-state index contributed by atoms with van der Waals surface area (Å²) in [7, 11) is 1.66. The molecule has 0 atom stereocenters. The van der Waals surface area contributed by atoms with Crippen molar-refractivity contribution < 1.29 is 4.79 Å². The van der Waals surface area contributed by atoms with E-state index < -0.39 is 0 Å². The third-order valence-electron chi connectivity index (χ3n) is 2.52. The first-order chi connectivity index (χ1) is 8.26. The molecule has 0 saturated heterocycles. The lowest BCUT2D eigenvalue weighted by molar-refractivity contribution is -0.120. The second kappa shape index (κ2) is 7.84. The highest BCUT2D eigenvalue weighted by Crippen LogP contribution is 1.99. The Bertz CT molecular complexity index is 335. The summed E-state index contributed by atoms with van der Waals surface area (Å²) in [6.07, 6.45) is 6.40. The fourth-order valence-corrected chi connectivity index (χ4v) is 1.56. The van der Waals surface area contributed by atoms with Gasteiger partial charge in [-0.15, -0.1) is 0 Å². The summed E-state index contributed by atoms with van der Waals surface area (Å²) in [6.45, 7) is 4.82. The first-order valence-electron chi connectivity index (χ1n) is 6.18. The van der Waals surface area contributed by atoms with Crippen LogP contribution >= 0.6 is 0 Å². The molecule has 5 nitrogen and oxygen atoms in total. The van der Waals surface area contributed by atoms with E-state index in [-0.39, 0.29) is 5.91 Å². The highest BCUT2D eigenvalue weighted by Gasteiger charge is 2.00. The second-order valence-electron chi connectivity index (χ2n) is 4.06. The van der Waals surface area contributed by atoms with Crippen LogP contribution < -0.4 is 10.6 Å². The third kappa shape index (κ3) is 5.49. The van der Waals surface area contributed by atoms with Crippen molar-refractivity contribution in [2.75, 3.05) is 13.6 Å². The van der Waals surface area contributed by atoms with E-state index in [2.05, 4.69) is 22.5 Å². The molecule has 0 radical (unpaired) electrons. The molecule has 0 fully saturated rings.